The lowest BCUT2D eigenvalue weighted by Crippen LogP contribution is -2.45. The van der Waals surface area contributed by atoms with Gasteiger partial charge in [0.25, 0.3) is 0 Å². The van der Waals surface area contributed by atoms with Gasteiger partial charge in [-0.3, -0.25) is 9.59 Å². The third-order valence-corrected chi connectivity index (χ3v) is 4.12. The summed E-state index contributed by atoms with van der Waals surface area (Å²) >= 11 is 0. The van der Waals surface area contributed by atoms with Crippen molar-refractivity contribution in [2.24, 2.45) is 0 Å². The molecule has 21 heavy (non-hydrogen) atoms. The molecule has 1 aliphatic heterocycles. The minimum absolute atomic E-state index is 0.0415. The first-order chi connectivity index (χ1) is 10.2. The molecular formula is C16H21N3O2. The molecule has 1 aliphatic carbocycles. The largest absolute Gasteiger partial charge is 0.338 e. The number of rotatable bonds is 4. The van der Waals surface area contributed by atoms with E-state index in [2.05, 4.69) is 5.32 Å². The topological polar surface area (TPSA) is 52.7 Å². The van der Waals surface area contributed by atoms with Crippen LogP contribution in [0.5, 0.6) is 0 Å². The van der Waals surface area contributed by atoms with Crippen LogP contribution in [0, 0.1) is 0 Å². The second-order valence-corrected chi connectivity index (χ2v) is 5.62. The van der Waals surface area contributed by atoms with Crippen molar-refractivity contribution in [3.8, 4) is 0 Å². The highest BCUT2D eigenvalue weighted by Gasteiger charge is 2.33. The minimum Gasteiger partial charge on any atom is -0.338 e. The molecule has 2 amide bonds. The lowest BCUT2D eigenvalue weighted by Gasteiger charge is -2.27. The van der Waals surface area contributed by atoms with E-state index in [1.54, 1.807) is 4.90 Å². The van der Waals surface area contributed by atoms with E-state index in [-0.39, 0.29) is 24.9 Å². The summed E-state index contributed by atoms with van der Waals surface area (Å²) in [5.41, 5.74) is 1.92. The van der Waals surface area contributed by atoms with Crippen LogP contribution in [0.1, 0.15) is 25.3 Å². The molecule has 0 saturated heterocycles. The standard InChI is InChI=1S/C16H21N3O2/c1-2-18(13-7-8-13)16(21)11-19-14-6-4-3-5-12(14)9-17-10-15(19)20/h3-6,13,17H,2,7-11H2,1H3. The molecule has 1 fully saturated rings. The smallest absolute Gasteiger partial charge is 0.242 e. The van der Waals surface area contributed by atoms with Crippen LogP contribution in [0.2, 0.25) is 0 Å². The van der Waals surface area contributed by atoms with Crippen LogP contribution in [-0.4, -0.2) is 42.4 Å². The summed E-state index contributed by atoms with van der Waals surface area (Å²) in [5.74, 6) is 0.00482. The molecule has 0 unspecified atom stereocenters. The first-order valence-electron chi connectivity index (χ1n) is 7.59. The van der Waals surface area contributed by atoms with Crippen LogP contribution >= 0.6 is 0 Å². The van der Waals surface area contributed by atoms with E-state index in [0.717, 1.165) is 24.1 Å². The van der Waals surface area contributed by atoms with E-state index in [1.807, 2.05) is 36.1 Å². The molecule has 5 heteroatoms. The van der Waals surface area contributed by atoms with Gasteiger partial charge in [0.2, 0.25) is 11.8 Å². The van der Waals surface area contributed by atoms with Crippen LogP contribution in [0.15, 0.2) is 24.3 Å². The van der Waals surface area contributed by atoms with Crippen LogP contribution in [0.4, 0.5) is 5.69 Å². The molecule has 112 valence electrons. The monoisotopic (exact) mass is 287 g/mol. The van der Waals surface area contributed by atoms with Gasteiger partial charge in [-0.15, -0.1) is 0 Å². The normalized spacial score (nSPS) is 18.1. The van der Waals surface area contributed by atoms with Crippen molar-refractivity contribution in [2.75, 3.05) is 24.5 Å². The second kappa shape index (κ2) is 5.85. The van der Waals surface area contributed by atoms with Gasteiger partial charge in [-0.25, -0.2) is 0 Å². The van der Waals surface area contributed by atoms with Crippen LogP contribution in [-0.2, 0) is 16.1 Å². The fraction of sp³-hybridized carbons (Fsp3) is 0.500. The number of hydrogen-bond acceptors (Lipinski definition) is 3. The molecule has 1 heterocycles. The van der Waals surface area contributed by atoms with Crippen molar-refractivity contribution in [2.45, 2.75) is 32.4 Å². The van der Waals surface area contributed by atoms with E-state index < -0.39 is 0 Å². The molecule has 1 aromatic carbocycles. The Hall–Kier alpha value is -1.88. The zero-order chi connectivity index (χ0) is 14.8. The summed E-state index contributed by atoms with van der Waals surface area (Å²) in [6.07, 6.45) is 2.18. The summed E-state index contributed by atoms with van der Waals surface area (Å²) in [6, 6.07) is 8.17. The molecule has 5 nitrogen and oxygen atoms in total. The summed E-state index contributed by atoms with van der Waals surface area (Å²) in [4.78, 5) is 28.3. The number of anilines is 1. The highest BCUT2D eigenvalue weighted by Crippen LogP contribution is 2.28. The van der Waals surface area contributed by atoms with Crippen LogP contribution in [0.25, 0.3) is 0 Å². The number of benzene rings is 1. The Morgan fingerprint density at radius 3 is 2.81 bits per heavy atom. The van der Waals surface area contributed by atoms with Gasteiger partial charge in [-0.05, 0) is 31.4 Å². The van der Waals surface area contributed by atoms with Gasteiger partial charge in [-0.2, -0.15) is 0 Å². The van der Waals surface area contributed by atoms with E-state index >= 15 is 0 Å². The highest BCUT2D eigenvalue weighted by molar-refractivity contribution is 6.00. The van der Waals surface area contributed by atoms with Gasteiger partial charge in [0.1, 0.15) is 6.54 Å². The number of nitrogens with one attached hydrogen (secondary N) is 1. The van der Waals surface area contributed by atoms with Crippen molar-refractivity contribution in [3.63, 3.8) is 0 Å². The number of para-hydroxylation sites is 1. The van der Waals surface area contributed by atoms with Gasteiger partial charge in [0.15, 0.2) is 0 Å². The average molecular weight is 287 g/mol. The molecular weight excluding hydrogens is 266 g/mol. The maximum Gasteiger partial charge on any atom is 0.242 e. The maximum absolute atomic E-state index is 12.5. The van der Waals surface area contributed by atoms with Gasteiger partial charge in [0, 0.05) is 24.8 Å². The molecule has 3 rings (SSSR count). The molecule has 0 atom stereocenters. The fourth-order valence-electron chi connectivity index (χ4n) is 2.88. The molecule has 0 bridgehead atoms. The summed E-state index contributed by atoms with van der Waals surface area (Å²) in [6.45, 7) is 3.79. The fourth-order valence-corrected chi connectivity index (χ4v) is 2.88. The molecule has 0 aromatic heterocycles. The Labute approximate surface area is 124 Å². The Balaban J connectivity index is 1.82. The predicted octanol–water partition coefficient (Wildman–Crippen LogP) is 1.13. The molecule has 1 saturated carbocycles. The highest BCUT2D eigenvalue weighted by atomic mass is 16.2. The van der Waals surface area contributed by atoms with Gasteiger partial charge in [-0.1, -0.05) is 18.2 Å². The number of nitrogens with zero attached hydrogens (tertiary/aromatic N) is 2. The lowest BCUT2D eigenvalue weighted by atomic mass is 10.1. The zero-order valence-corrected chi connectivity index (χ0v) is 12.3. The van der Waals surface area contributed by atoms with Gasteiger partial charge < -0.3 is 15.1 Å². The van der Waals surface area contributed by atoms with Crippen molar-refractivity contribution in [3.05, 3.63) is 29.8 Å². The average Bonchev–Trinajstić information content (AvgIpc) is 3.31. The SMILES string of the molecule is CCN(C(=O)CN1C(=O)CNCc2ccccc21)C1CC1. The Bertz CT molecular complexity index is 554. The Morgan fingerprint density at radius 1 is 1.33 bits per heavy atom. The zero-order valence-electron chi connectivity index (χ0n) is 12.3. The van der Waals surface area contributed by atoms with Crippen LogP contribution < -0.4 is 10.2 Å². The van der Waals surface area contributed by atoms with Crippen molar-refractivity contribution >= 4 is 17.5 Å². The summed E-state index contributed by atoms with van der Waals surface area (Å²) in [5, 5.41) is 3.12. The predicted molar refractivity (Wildman–Crippen MR) is 80.9 cm³/mol. The second-order valence-electron chi connectivity index (χ2n) is 5.62. The third-order valence-electron chi connectivity index (χ3n) is 4.12. The van der Waals surface area contributed by atoms with Crippen molar-refractivity contribution in [1.29, 1.82) is 0 Å². The van der Waals surface area contributed by atoms with E-state index in [4.69, 9.17) is 0 Å². The molecule has 1 aromatic rings. The lowest BCUT2D eigenvalue weighted by molar-refractivity contribution is -0.131. The summed E-state index contributed by atoms with van der Waals surface area (Å²) < 4.78 is 0. The van der Waals surface area contributed by atoms with E-state index in [0.29, 0.717) is 19.1 Å². The first kappa shape index (κ1) is 14.1. The van der Waals surface area contributed by atoms with E-state index in [1.165, 1.54) is 0 Å². The number of carbonyl (C=O) groups excluding carboxylic acids is 2. The first-order valence-corrected chi connectivity index (χ1v) is 7.59. The molecule has 1 N–H and O–H groups in total. The van der Waals surface area contributed by atoms with Crippen LogP contribution in [0.3, 0.4) is 0 Å². The number of amides is 2. The number of hydrogen-bond donors (Lipinski definition) is 1. The number of carbonyl (C=O) groups is 2. The minimum atomic E-state index is -0.0415. The summed E-state index contributed by atoms with van der Waals surface area (Å²) in [7, 11) is 0. The Kier molecular flexibility index (Phi) is 3.92. The molecule has 0 radical (unpaired) electrons. The van der Waals surface area contributed by atoms with Gasteiger partial charge in [0.05, 0.1) is 6.54 Å². The van der Waals surface area contributed by atoms with Gasteiger partial charge >= 0.3 is 0 Å². The number of likely N-dealkylation sites (N-methyl/N-ethyl adjacent to an activating group) is 1. The Morgan fingerprint density at radius 2 is 2.10 bits per heavy atom. The molecule has 2 aliphatic rings. The third kappa shape index (κ3) is 2.93. The quantitative estimate of drug-likeness (QED) is 0.903. The number of fused-ring (bicyclic) bond motifs is 1. The van der Waals surface area contributed by atoms with Crippen molar-refractivity contribution in [1.82, 2.24) is 10.2 Å². The maximum atomic E-state index is 12.5. The molecule has 0 spiro atoms. The van der Waals surface area contributed by atoms with Crippen molar-refractivity contribution < 1.29 is 9.59 Å². The van der Waals surface area contributed by atoms with E-state index in [9.17, 15) is 9.59 Å².